The summed E-state index contributed by atoms with van der Waals surface area (Å²) in [6.07, 6.45) is 8.61. The summed E-state index contributed by atoms with van der Waals surface area (Å²) >= 11 is 0. The van der Waals surface area contributed by atoms with Crippen LogP contribution in [-0.2, 0) is 0 Å². The van der Waals surface area contributed by atoms with Gasteiger partial charge in [0.05, 0.1) is 0 Å². The first-order chi connectivity index (χ1) is 6.05. The van der Waals surface area contributed by atoms with Crippen LogP contribution in [0.15, 0.2) is 12.2 Å². The standard InChI is InChI=1S/C11H23NSi/c1-5-12(13(2,3)4)11-9-7-6-8-10-11/h6-7,11H,5,8-10H2,1-4H3. The van der Waals surface area contributed by atoms with Crippen LogP contribution >= 0.6 is 0 Å². The van der Waals surface area contributed by atoms with Gasteiger partial charge in [-0.05, 0) is 25.8 Å². The van der Waals surface area contributed by atoms with Crippen molar-refractivity contribution in [3.05, 3.63) is 12.2 Å². The number of nitrogens with zero attached hydrogens (tertiary/aromatic N) is 1. The third-order valence-electron chi connectivity index (χ3n) is 2.88. The van der Waals surface area contributed by atoms with Crippen molar-refractivity contribution >= 4 is 8.24 Å². The first-order valence-corrected chi connectivity index (χ1v) is 8.92. The second kappa shape index (κ2) is 4.42. The third kappa shape index (κ3) is 2.95. The van der Waals surface area contributed by atoms with Gasteiger partial charge in [-0.2, -0.15) is 0 Å². The molecule has 0 radical (unpaired) electrons. The number of hydrogen-bond donors (Lipinski definition) is 0. The molecule has 0 aromatic heterocycles. The van der Waals surface area contributed by atoms with Crippen LogP contribution < -0.4 is 0 Å². The Labute approximate surface area is 83.9 Å². The fourth-order valence-electron chi connectivity index (χ4n) is 2.34. The Bertz CT molecular complexity index is 181. The summed E-state index contributed by atoms with van der Waals surface area (Å²) in [5, 5.41) is 0. The van der Waals surface area contributed by atoms with Crippen LogP contribution in [0.4, 0.5) is 0 Å². The second-order valence-corrected chi connectivity index (χ2v) is 9.81. The zero-order valence-electron chi connectivity index (χ0n) is 9.51. The highest BCUT2D eigenvalue weighted by Gasteiger charge is 2.28. The summed E-state index contributed by atoms with van der Waals surface area (Å²) in [7, 11) is -1.07. The van der Waals surface area contributed by atoms with Crippen LogP contribution in [0.25, 0.3) is 0 Å². The fraction of sp³-hybridized carbons (Fsp3) is 0.818. The number of rotatable bonds is 3. The summed E-state index contributed by atoms with van der Waals surface area (Å²) < 4.78 is 2.76. The van der Waals surface area contributed by atoms with Crippen molar-refractivity contribution in [2.24, 2.45) is 0 Å². The van der Waals surface area contributed by atoms with Gasteiger partial charge in [-0.1, -0.05) is 38.7 Å². The summed E-state index contributed by atoms with van der Waals surface area (Å²) in [6, 6.07) is 0.835. The molecule has 0 fully saturated rings. The molecule has 0 aromatic carbocycles. The molecule has 1 atom stereocenters. The highest BCUT2D eigenvalue weighted by atomic mass is 28.3. The fourth-order valence-corrected chi connectivity index (χ4v) is 4.62. The van der Waals surface area contributed by atoms with E-state index in [-0.39, 0.29) is 0 Å². The van der Waals surface area contributed by atoms with Crippen molar-refractivity contribution in [1.29, 1.82) is 0 Å². The van der Waals surface area contributed by atoms with Gasteiger partial charge in [0.15, 0.2) is 0 Å². The molecule has 0 saturated heterocycles. The van der Waals surface area contributed by atoms with Gasteiger partial charge in [0.1, 0.15) is 8.24 Å². The zero-order chi connectivity index (χ0) is 9.90. The summed E-state index contributed by atoms with van der Waals surface area (Å²) in [4.78, 5) is 0. The van der Waals surface area contributed by atoms with Gasteiger partial charge in [0.25, 0.3) is 0 Å². The van der Waals surface area contributed by atoms with Crippen LogP contribution in [0.2, 0.25) is 19.6 Å². The minimum atomic E-state index is -1.07. The Balaban J connectivity index is 2.60. The minimum absolute atomic E-state index is 0.835. The molecule has 76 valence electrons. The maximum absolute atomic E-state index is 2.76. The molecule has 1 aliphatic carbocycles. The molecular weight excluding hydrogens is 174 g/mol. The summed E-state index contributed by atoms with van der Waals surface area (Å²) in [6.45, 7) is 10.9. The lowest BCUT2D eigenvalue weighted by molar-refractivity contribution is 0.307. The predicted octanol–water partition coefficient (Wildman–Crippen LogP) is 3.25. The van der Waals surface area contributed by atoms with E-state index in [1.165, 1.54) is 25.8 Å². The number of hydrogen-bond acceptors (Lipinski definition) is 1. The van der Waals surface area contributed by atoms with Crippen LogP contribution in [0.5, 0.6) is 0 Å². The van der Waals surface area contributed by atoms with E-state index in [2.05, 4.69) is 43.3 Å². The molecule has 0 N–H and O–H groups in total. The molecule has 1 nitrogen and oxygen atoms in total. The van der Waals surface area contributed by atoms with Gasteiger partial charge in [-0.15, -0.1) is 0 Å². The predicted molar refractivity (Wildman–Crippen MR) is 62.5 cm³/mol. The van der Waals surface area contributed by atoms with Crippen molar-refractivity contribution in [2.75, 3.05) is 6.54 Å². The Kier molecular flexibility index (Phi) is 3.74. The van der Waals surface area contributed by atoms with Crippen LogP contribution in [0, 0.1) is 0 Å². The van der Waals surface area contributed by atoms with Crippen LogP contribution in [-0.4, -0.2) is 25.4 Å². The average Bonchev–Trinajstić information content (AvgIpc) is 2.05. The number of allylic oxidation sites excluding steroid dienone is 1. The highest BCUT2D eigenvalue weighted by molar-refractivity contribution is 6.73. The molecule has 0 heterocycles. The van der Waals surface area contributed by atoms with E-state index in [1.807, 2.05) is 0 Å². The van der Waals surface area contributed by atoms with E-state index in [1.54, 1.807) is 0 Å². The SMILES string of the molecule is CCN(C1CC=CCC1)[Si](C)(C)C. The Hall–Kier alpha value is -0.0831. The molecule has 1 unspecified atom stereocenters. The van der Waals surface area contributed by atoms with E-state index in [4.69, 9.17) is 0 Å². The van der Waals surface area contributed by atoms with Crippen molar-refractivity contribution in [1.82, 2.24) is 4.57 Å². The molecule has 0 bridgehead atoms. The largest absolute Gasteiger partial charge is 0.321 e. The van der Waals surface area contributed by atoms with E-state index in [0.29, 0.717) is 0 Å². The molecule has 13 heavy (non-hydrogen) atoms. The molecular formula is C11H23NSi. The lowest BCUT2D eigenvalue weighted by Crippen LogP contribution is -2.51. The summed E-state index contributed by atoms with van der Waals surface area (Å²) in [5.74, 6) is 0. The Morgan fingerprint density at radius 1 is 1.31 bits per heavy atom. The first-order valence-electron chi connectivity index (χ1n) is 5.47. The zero-order valence-corrected chi connectivity index (χ0v) is 10.5. The summed E-state index contributed by atoms with van der Waals surface area (Å²) in [5.41, 5.74) is 0. The van der Waals surface area contributed by atoms with E-state index < -0.39 is 8.24 Å². The van der Waals surface area contributed by atoms with Gasteiger partial charge in [-0.25, -0.2) is 0 Å². The Morgan fingerprint density at radius 3 is 2.38 bits per heavy atom. The quantitative estimate of drug-likeness (QED) is 0.496. The van der Waals surface area contributed by atoms with E-state index in [9.17, 15) is 0 Å². The molecule has 0 aliphatic heterocycles. The van der Waals surface area contributed by atoms with Gasteiger partial charge in [0, 0.05) is 6.04 Å². The van der Waals surface area contributed by atoms with Gasteiger partial charge in [0.2, 0.25) is 0 Å². The molecule has 1 rings (SSSR count). The molecule has 2 heteroatoms. The molecule has 0 aromatic rings. The lowest BCUT2D eigenvalue weighted by atomic mass is 10.0. The van der Waals surface area contributed by atoms with Crippen molar-refractivity contribution in [3.8, 4) is 0 Å². The maximum Gasteiger partial charge on any atom is 0.119 e. The average molecular weight is 197 g/mol. The monoisotopic (exact) mass is 197 g/mol. The van der Waals surface area contributed by atoms with Crippen molar-refractivity contribution in [3.63, 3.8) is 0 Å². The molecule has 0 spiro atoms. The van der Waals surface area contributed by atoms with Gasteiger partial charge in [-0.3, -0.25) is 0 Å². The van der Waals surface area contributed by atoms with Crippen LogP contribution in [0.3, 0.4) is 0 Å². The molecule has 0 amide bonds. The van der Waals surface area contributed by atoms with Gasteiger partial charge < -0.3 is 4.57 Å². The van der Waals surface area contributed by atoms with E-state index >= 15 is 0 Å². The Morgan fingerprint density at radius 2 is 2.00 bits per heavy atom. The van der Waals surface area contributed by atoms with Crippen molar-refractivity contribution in [2.45, 2.75) is 51.9 Å². The lowest BCUT2D eigenvalue weighted by Gasteiger charge is -2.40. The third-order valence-corrected chi connectivity index (χ3v) is 5.29. The first kappa shape index (κ1) is 11.0. The molecule has 0 saturated carbocycles. The maximum atomic E-state index is 2.76. The minimum Gasteiger partial charge on any atom is -0.321 e. The van der Waals surface area contributed by atoms with Crippen LogP contribution in [0.1, 0.15) is 26.2 Å². The normalized spacial score (nSPS) is 23.9. The molecule has 1 aliphatic rings. The van der Waals surface area contributed by atoms with Gasteiger partial charge >= 0.3 is 0 Å². The smallest absolute Gasteiger partial charge is 0.119 e. The van der Waals surface area contributed by atoms with Crippen molar-refractivity contribution < 1.29 is 0 Å². The topological polar surface area (TPSA) is 3.24 Å². The highest BCUT2D eigenvalue weighted by Crippen LogP contribution is 2.22. The van der Waals surface area contributed by atoms with E-state index in [0.717, 1.165) is 6.04 Å². The second-order valence-electron chi connectivity index (χ2n) is 4.90.